The maximum atomic E-state index is 12.4. The van der Waals surface area contributed by atoms with Gasteiger partial charge < -0.3 is 10.1 Å². The maximum Gasteiger partial charge on any atom is 0.281 e. The van der Waals surface area contributed by atoms with Gasteiger partial charge in [0.05, 0.1) is 16.0 Å². The first-order valence-electron chi connectivity index (χ1n) is 10.5. The number of non-ortho nitro benzene ring substituents is 1. The third-order valence-electron chi connectivity index (χ3n) is 4.90. The largest absolute Gasteiger partial charge is 0.484 e. The summed E-state index contributed by atoms with van der Waals surface area (Å²) in [6.45, 7) is 1.84. The molecule has 0 bridgehead atoms. The average Bonchev–Trinajstić information content (AvgIpc) is 3.28. The van der Waals surface area contributed by atoms with E-state index in [0.717, 1.165) is 10.3 Å². The molecule has 1 heterocycles. The molecule has 0 saturated heterocycles. The second-order valence-corrected chi connectivity index (χ2v) is 8.64. The predicted octanol–water partition coefficient (Wildman–Crippen LogP) is 4.90. The molecule has 0 aliphatic carbocycles. The molecule has 0 unspecified atom stereocenters. The van der Waals surface area contributed by atoms with Crippen LogP contribution in [0.2, 0.25) is 0 Å². The summed E-state index contributed by atoms with van der Waals surface area (Å²) in [6, 6.07) is 20.4. The van der Waals surface area contributed by atoms with Crippen molar-refractivity contribution in [3.63, 3.8) is 0 Å². The van der Waals surface area contributed by atoms with Crippen LogP contribution in [0.15, 0.2) is 77.9 Å². The van der Waals surface area contributed by atoms with Crippen molar-refractivity contribution in [2.75, 3.05) is 11.9 Å². The van der Waals surface area contributed by atoms with Gasteiger partial charge in [-0.1, -0.05) is 17.7 Å². The van der Waals surface area contributed by atoms with Gasteiger partial charge >= 0.3 is 0 Å². The number of nitro groups is 1. The van der Waals surface area contributed by atoms with E-state index in [1.54, 1.807) is 36.4 Å². The van der Waals surface area contributed by atoms with Crippen LogP contribution in [0.3, 0.4) is 0 Å². The summed E-state index contributed by atoms with van der Waals surface area (Å²) in [5.74, 6) is -0.160. The Labute approximate surface area is 204 Å². The number of hydrazone groups is 1. The molecule has 4 aromatic rings. The number of thiophene rings is 1. The number of carbonyl (C=O) groups is 2. The highest BCUT2D eigenvalue weighted by atomic mass is 32.1. The van der Waals surface area contributed by atoms with Crippen molar-refractivity contribution in [2.24, 2.45) is 5.10 Å². The van der Waals surface area contributed by atoms with Gasteiger partial charge in [-0.3, -0.25) is 19.7 Å². The Morgan fingerprint density at radius 1 is 1.06 bits per heavy atom. The molecule has 0 saturated carbocycles. The highest BCUT2D eigenvalue weighted by molar-refractivity contribution is 7.20. The average molecular weight is 489 g/mol. The molecule has 0 fully saturated rings. The minimum absolute atomic E-state index is 0.0281. The molecule has 9 nitrogen and oxygen atoms in total. The number of ether oxygens (including phenoxy) is 1. The summed E-state index contributed by atoms with van der Waals surface area (Å²) in [7, 11) is 0. The monoisotopic (exact) mass is 488 g/mol. The van der Waals surface area contributed by atoms with Crippen LogP contribution >= 0.6 is 11.3 Å². The second-order valence-electron chi connectivity index (χ2n) is 7.56. The quantitative estimate of drug-likeness (QED) is 0.207. The Hall–Kier alpha value is -4.57. The van der Waals surface area contributed by atoms with Gasteiger partial charge in [0.2, 0.25) is 0 Å². The second kappa shape index (κ2) is 10.6. The lowest BCUT2D eigenvalue weighted by Gasteiger charge is -2.08. The minimum Gasteiger partial charge on any atom is -0.484 e. The molecule has 0 aliphatic heterocycles. The summed E-state index contributed by atoms with van der Waals surface area (Å²) in [5, 5.41) is 18.3. The molecule has 2 amide bonds. The Morgan fingerprint density at radius 3 is 2.51 bits per heavy atom. The molecule has 4 rings (SSSR count). The fourth-order valence-electron chi connectivity index (χ4n) is 3.11. The number of amides is 2. The maximum absolute atomic E-state index is 12.4. The normalized spacial score (nSPS) is 10.9. The van der Waals surface area contributed by atoms with Crippen molar-refractivity contribution in [3.8, 4) is 5.75 Å². The Bertz CT molecular complexity index is 1410. The zero-order chi connectivity index (χ0) is 24.8. The van der Waals surface area contributed by atoms with Gasteiger partial charge in [0, 0.05) is 27.9 Å². The first-order valence-corrected chi connectivity index (χ1v) is 11.3. The van der Waals surface area contributed by atoms with E-state index in [-0.39, 0.29) is 18.2 Å². The number of nitro benzene ring substituents is 1. The van der Waals surface area contributed by atoms with Crippen LogP contribution in [0.1, 0.15) is 20.8 Å². The Kier molecular flexibility index (Phi) is 7.12. The lowest BCUT2D eigenvalue weighted by molar-refractivity contribution is -0.384. The first kappa shape index (κ1) is 23.6. The number of fused-ring (bicyclic) bond motifs is 1. The summed E-state index contributed by atoms with van der Waals surface area (Å²) in [5.41, 5.74) is 4.95. The molecule has 0 aliphatic rings. The first-order chi connectivity index (χ1) is 16.9. The van der Waals surface area contributed by atoms with Gasteiger partial charge in [0.25, 0.3) is 17.5 Å². The highest BCUT2D eigenvalue weighted by Crippen LogP contribution is 2.28. The van der Waals surface area contributed by atoms with Crippen LogP contribution in [0.5, 0.6) is 5.75 Å². The van der Waals surface area contributed by atoms with Gasteiger partial charge in [-0.2, -0.15) is 5.10 Å². The van der Waals surface area contributed by atoms with Gasteiger partial charge in [-0.25, -0.2) is 5.43 Å². The summed E-state index contributed by atoms with van der Waals surface area (Å²) in [6.07, 6.45) is 1.48. The summed E-state index contributed by atoms with van der Waals surface area (Å²) < 4.78 is 6.28. The van der Waals surface area contributed by atoms with E-state index in [0.29, 0.717) is 27.3 Å². The zero-order valence-electron chi connectivity index (χ0n) is 18.6. The van der Waals surface area contributed by atoms with E-state index in [2.05, 4.69) is 15.8 Å². The Balaban J connectivity index is 1.27. The van der Waals surface area contributed by atoms with Crippen molar-refractivity contribution in [1.29, 1.82) is 0 Å². The molecular weight excluding hydrogens is 468 g/mol. The van der Waals surface area contributed by atoms with Crippen LogP contribution in [-0.4, -0.2) is 29.6 Å². The standard InChI is InChI=1S/C25H20N4O5S/c1-16-2-6-19(7-3-16)27-24(30)15-34-21-9-4-17(5-10-21)14-26-28-25(31)23-13-18-12-20(29(32)33)8-11-22(18)35-23/h2-14H,15H2,1H3,(H,27,30)(H,28,31). The fraction of sp³-hybridized carbons (Fsp3) is 0.0800. The number of nitrogens with zero attached hydrogens (tertiary/aromatic N) is 2. The van der Waals surface area contributed by atoms with Crippen molar-refractivity contribution in [1.82, 2.24) is 5.43 Å². The number of anilines is 1. The molecule has 10 heteroatoms. The SMILES string of the molecule is Cc1ccc(NC(=O)COc2ccc(C=NNC(=O)c3cc4cc([N+](=O)[O-])ccc4s3)cc2)cc1. The van der Waals surface area contributed by atoms with Gasteiger partial charge in [0.15, 0.2) is 6.61 Å². The number of benzene rings is 3. The van der Waals surface area contributed by atoms with E-state index in [1.165, 1.54) is 29.7 Å². The predicted molar refractivity (Wildman–Crippen MR) is 135 cm³/mol. The molecule has 1 aromatic heterocycles. The lowest BCUT2D eigenvalue weighted by Crippen LogP contribution is -2.20. The van der Waals surface area contributed by atoms with Crippen LogP contribution in [0.25, 0.3) is 10.1 Å². The Morgan fingerprint density at radius 2 is 1.80 bits per heavy atom. The zero-order valence-corrected chi connectivity index (χ0v) is 19.4. The third kappa shape index (κ3) is 6.27. The van der Waals surface area contributed by atoms with Crippen molar-refractivity contribution in [2.45, 2.75) is 6.92 Å². The van der Waals surface area contributed by atoms with E-state index >= 15 is 0 Å². The highest BCUT2D eigenvalue weighted by Gasteiger charge is 2.13. The van der Waals surface area contributed by atoms with E-state index < -0.39 is 10.8 Å². The molecule has 2 N–H and O–H groups in total. The lowest BCUT2D eigenvalue weighted by atomic mass is 10.2. The smallest absolute Gasteiger partial charge is 0.281 e. The molecule has 35 heavy (non-hydrogen) atoms. The number of hydrogen-bond acceptors (Lipinski definition) is 7. The van der Waals surface area contributed by atoms with Crippen LogP contribution in [-0.2, 0) is 4.79 Å². The van der Waals surface area contributed by atoms with E-state index in [4.69, 9.17) is 4.74 Å². The van der Waals surface area contributed by atoms with Gasteiger partial charge in [-0.15, -0.1) is 11.3 Å². The molecule has 0 spiro atoms. The van der Waals surface area contributed by atoms with Crippen LogP contribution in [0.4, 0.5) is 11.4 Å². The molecule has 0 atom stereocenters. The number of nitrogens with one attached hydrogen (secondary N) is 2. The van der Waals surface area contributed by atoms with E-state index in [1.807, 2.05) is 31.2 Å². The van der Waals surface area contributed by atoms with Crippen molar-refractivity contribution < 1.29 is 19.2 Å². The van der Waals surface area contributed by atoms with E-state index in [9.17, 15) is 19.7 Å². The van der Waals surface area contributed by atoms with Gasteiger partial charge in [-0.05, 0) is 61.0 Å². The molecule has 0 radical (unpaired) electrons. The molecular formula is C25H20N4O5S. The van der Waals surface area contributed by atoms with Crippen LogP contribution in [0, 0.1) is 17.0 Å². The molecule has 176 valence electrons. The number of rotatable bonds is 8. The minimum atomic E-state index is -0.475. The number of aryl methyl sites for hydroxylation is 1. The van der Waals surface area contributed by atoms with Crippen molar-refractivity contribution in [3.05, 3.63) is 98.9 Å². The molecule has 3 aromatic carbocycles. The fourth-order valence-corrected chi connectivity index (χ4v) is 4.04. The van der Waals surface area contributed by atoms with Gasteiger partial charge in [0.1, 0.15) is 5.75 Å². The number of hydrogen-bond donors (Lipinski definition) is 2. The topological polar surface area (TPSA) is 123 Å². The number of carbonyl (C=O) groups excluding carboxylic acids is 2. The van der Waals surface area contributed by atoms with Crippen molar-refractivity contribution >= 4 is 50.8 Å². The summed E-state index contributed by atoms with van der Waals surface area (Å²) >= 11 is 1.22. The third-order valence-corrected chi connectivity index (χ3v) is 6.01. The summed E-state index contributed by atoms with van der Waals surface area (Å²) in [4.78, 5) is 35.2. The van der Waals surface area contributed by atoms with Crippen LogP contribution < -0.4 is 15.5 Å².